The molecule has 0 aliphatic carbocycles. The Balaban J connectivity index is 1.64. The molecular formula is C37H43N7O. The predicted octanol–water partition coefficient (Wildman–Crippen LogP) is 8.59. The first kappa shape index (κ1) is 32.7. The molecular weight excluding hydrogens is 558 g/mol. The minimum atomic E-state index is -0.0765. The van der Waals surface area contributed by atoms with Crippen LogP contribution in [0.5, 0.6) is 11.6 Å². The molecule has 1 aromatic heterocycles. The summed E-state index contributed by atoms with van der Waals surface area (Å²) in [7, 11) is 0. The van der Waals surface area contributed by atoms with Crippen LogP contribution >= 0.6 is 0 Å². The summed E-state index contributed by atoms with van der Waals surface area (Å²) in [5.41, 5.74) is 5.91. The van der Waals surface area contributed by atoms with E-state index in [0.717, 1.165) is 33.5 Å². The lowest BCUT2D eigenvalue weighted by Crippen LogP contribution is -2.43. The predicted molar refractivity (Wildman–Crippen MR) is 190 cm³/mol. The molecule has 0 spiro atoms. The van der Waals surface area contributed by atoms with Crippen molar-refractivity contribution in [3.63, 3.8) is 0 Å². The van der Waals surface area contributed by atoms with Gasteiger partial charge in [0.05, 0.1) is 17.4 Å². The summed E-state index contributed by atoms with van der Waals surface area (Å²) in [6.07, 6.45) is 9.01. The van der Waals surface area contributed by atoms with Gasteiger partial charge in [-0.15, -0.1) is 0 Å². The van der Waals surface area contributed by atoms with Crippen LogP contribution in [0, 0.1) is 0 Å². The van der Waals surface area contributed by atoms with E-state index in [1.54, 1.807) is 24.4 Å². The molecule has 45 heavy (non-hydrogen) atoms. The first-order valence-electron chi connectivity index (χ1n) is 14.8. The summed E-state index contributed by atoms with van der Waals surface area (Å²) < 4.78 is 6.30. The van der Waals surface area contributed by atoms with E-state index in [2.05, 4.69) is 80.9 Å². The van der Waals surface area contributed by atoms with Gasteiger partial charge in [-0.1, -0.05) is 107 Å². The monoisotopic (exact) mass is 601 g/mol. The molecule has 1 heterocycles. The Morgan fingerprint density at radius 2 is 1.64 bits per heavy atom. The van der Waals surface area contributed by atoms with E-state index in [9.17, 15) is 0 Å². The van der Waals surface area contributed by atoms with Crippen molar-refractivity contribution in [1.29, 1.82) is 0 Å². The lowest BCUT2D eigenvalue weighted by Gasteiger charge is -2.32. The second kappa shape index (κ2) is 14.1. The number of nitrogens with two attached hydrogens (primary N) is 2. The van der Waals surface area contributed by atoms with Crippen LogP contribution in [-0.4, -0.2) is 9.97 Å². The zero-order chi connectivity index (χ0) is 32.7. The van der Waals surface area contributed by atoms with Crippen LogP contribution in [0.2, 0.25) is 0 Å². The third-order valence-corrected chi connectivity index (χ3v) is 7.44. The maximum Gasteiger partial charge on any atom is 0.226 e. The van der Waals surface area contributed by atoms with Crippen molar-refractivity contribution in [3.8, 4) is 11.6 Å². The highest BCUT2D eigenvalue weighted by atomic mass is 16.5. The molecule has 0 radical (unpaired) electrons. The van der Waals surface area contributed by atoms with Crippen LogP contribution in [0.25, 0.3) is 18.2 Å². The van der Waals surface area contributed by atoms with Crippen LogP contribution < -0.4 is 31.8 Å². The molecule has 3 aromatic carbocycles. The maximum atomic E-state index is 6.70. The second-order valence-corrected chi connectivity index (χ2v) is 11.6. The number of benzene rings is 3. The number of hydrogen-bond acceptors (Lipinski definition) is 8. The Bertz CT molecular complexity index is 1710. The average molecular weight is 602 g/mol. The van der Waals surface area contributed by atoms with Crippen LogP contribution in [0.3, 0.4) is 0 Å². The molecule has 0 saturated carbocycles. The number of hydrogen-bond donors (Lipinski definition) is 3. The lowest BCUT2D eigenvalue weighted by atomic mass is 9.86. The summed E-state index contributed by atoms with van der Waals surface area (Å²) in [6, 6.07) is 21.6. The Morgan fingerprint density at radius 3 is 2.29 bits per heavy atom. The molecule has 0 aliphatic heterocycles. The number of aromatic nitrogens is 2. The summed E-state index contributed by atoms with van der Waals surface area (Å²) in [5, 5.41) is 6.26. The average Bonchev–Trinajstić information content (AvgIpc) is 3.04. The number of nitrogens with one attached hydrogen (secondary N) is 1. The Hall–Kier alpha value is -5.18. The van der Waals surface area contributed by atoms with E-state index in [4.69, 9.17) is 16.4 Å². The van der Waals surface area contributed by atoms with Crippen molar-refractivity contribution in [3.05, 3.63) is 132 Å². The number of nitrogens with zero attached hydrogens (tertiary/aromatic N) is 4. The Morgan fingerprint density at radius 1 is 0.933 bits per heavy atom. The third kappa shape index (κ3) is 7.49. The van der Waals surface area contributed by atoms with Gasteiger partial charge in [-0.3, -0.25) is 10.0 Å². The van der Waals surface area contributed by atoms with Crippen LogP contribution in [0.15, 0.2) is 105 Å². The van der Waals surface area contributed by atoms with Gasteiger partial charge in [-0.05, 0) is 54.2 Å². The highest BCUT2D eigenvalue weighted by Crippen LogP contribution is 2.37. The van der Waals surface area contributed by atoms with E-state index < -0.39 is 0 Å². The standard InChI is InChI=1S/C37H43N7O/c1-9-15-31-30(11-3)32(43(38)26(5)44(39)33-24-29(37(6,7)8)19-18-27(33)10-2)20-21-34(31)45-35-22-23-40-36(42-35)41-25(4)28-16-13-12-14-17-28/h9-25H,2-3,5,38-39H2,1,4,6-8H3,(H,40,41,42)/b15-9-. The molecule has 232 valence electrons. The first-order chi connectivity index (χ1) is 21.5. The molecule has 0 saturated heterocycles. The molecule has 1 atom stereocenters. The molecule has 0 fully saturated rings. The normalized spacial score (nSPS) is 12.0. The number of ether oxygens (including phenoxy) is 1. The lowest BCUT2D eigenvalue weighted by molar-refractivity contribution is 0.461. The van der Waals surface area contributed by atoms with Crippen molar-refractivity contribution < 1.29 is 4.74 Å². The summed E-state index contributed by atoms with van der Waals surface area (Å²) in [5.74, 6) is 15.1. The number of rotatable bonds is 12. The number of anilines is 3. The van der Waals surface area contributed by atoms with Crippen molar-refractivity contribution >= 4 is 35.6 Å². The third-order valence-electron chi connectivity index (χ3n) is 7.44. The summed E-state index contributed by atoms with van der Waals surface area (Å²) >= 11 is 0. The maximum absolute atomic E-state index is 6.70. The van der Waals surface area contributed by atoms with E-state index in [1.807, 2.05) is 61.5 Å². The second-order valence-electron chi connectivity index (χ2n) is 11.6. The van der Waals surface area contributed by atoms with Gasteiger partial charge >= 0.3 is 0 Å². The SMILES string of the molecule is C=Cc1ccc(C(C)(C)C)cc1N(N)C(=C)N(N)c1ccc(Oc2ccnc(NC(C)c3ccccc3)n2)c(/C=C\C)c1C=C. The minimum Gasteiger partial charge on any atom is -0.438 e. The van der Waals surface area contributed by atoms with E-state index >= 15 is 0 Å². The molecule has 0 amide bonds. The van der Waals surface area contributed by atoms with Crippen molar-refractivity contribution in [2.24, 2.45) is 11.7 Å². The molecule has 4 rings (SSSR count). The quantitative estimate of drug-likeness (QED) is 0.110. The van der Waals surface area contributed by atoms with Gasteiger partial charge in [0.15, 0.2) is 0 Å². The minimum absolute atomic E-state index is 0.0101. The fourth-order valence-corrected chi connectivity index (χ4v) is 4.84. The first-order valence-corrected chi connectivity index (χ1v) is 14.8. The molecule has 8 nitrogen and oxygen atoms in total. The van der Waals surface area contributed by atoms with Crippen LogP contribution in [-0.2, 0) is 5.41 Å². The number of hydrazine groups is 2. The molecule has 8 heteroatoms. The van der Waals surface area contributed by atoms with Gasteiger partial charge in [0.1, 0.15) is 11.6 Å². The molecule has 0 aliphatic rings. The van der Waals surface area contributed by atoms with Crippen LogP contribution in [0.4, 0.5) is 17.3 Å². The Labute approximate surface area is 267 Å². The largest absolute Gasteiger partial charge is 0.438 e. The fraction of sp³-hybridized carbons (Fsp3) is 0.189. The Kier molecular flexibility index (Phi) is 10.2. The highest BCUT2D eigenvalue weighted by molar-refractivity contribution is 5.81. The molecule has 4 aromatic rings. The zero-order valence-corrected chi connectivity index (χ0v) is 26.8. The number of allylic oxidation sites excluding steroid dienone is 1. The van der Waals surface area contributed by atoms with Gasteiger partial charge in [0, 0.05) is 23.4 Å². The summed E-state index contributed by atoms with van der Waals surface area (Å²) in [6.45, 7) is 22.7. The zero-order valence-electron chi connectivity index (χ0n) is 26.8. The van der Waals surface area contributed by atoms with Gasteiger partial charge in [-0.2, -0.15) is 4.98 Å². The molecule has 5 N–H and O–H groups in total. The van der Waals surface area contributed by atoms with Gasteiger partial charge in [0.2, 0.25) is 11.8 Å². The van der Waals surface area contributed by atoms with Crippen LogP contribution in [0.1, 0.15) is 68.5 Å². The van der Waals surface area contributed by atoms with E-state index in [1.165, 1.54) is 10.0 Å². The summed E-state index contributed by atoms with van der Waals surface area (Å²) in [4.78, 5) is 8.98. The highest BCUT2D eigenvalue weighted by Gasteiger charge is 2.22. The van der Waals surface area contributed by atoms with Crippen molar-refractivity contribution in [1.82, 2.24) is 9.97 Å². The van der Waals surface area contributed by atoms with Gasteiger partial charge in [-0.25, -0.2) is 16.7 Å². The smallest absolute Gasteiger partial charge is 0.226 e. The van der Waals surface area contributed by atoms with E-state index in [0.29, 0.717) is 29.1 Å². The van der Waals surface area contributed by atoms with Crippen molar-refractivity contribution in [2.75, 3.05) is 15.3 Å². The molecule has 1 unspecified atom stereocenters. The topological polar surface area (TPSA) is 106 Å². The van der Waals surface area contributed by atoms with Gasteiger partial charge < -0.3 is 10.1 Å². The molecule has 0 bridgehead atoms. The fourth-order valence-electron chi connectivity index (χ4n) is 4.84. The van der Waals surface area contributed by atoms with E-state index in [-0.39, 0.29) is 11.5 Å². The van der Waals surface area contributed by atoms with Crippen molar-refractivity contribution in [2.45, 2.75) is 46.1 Å². The van der Waals surface area contributed by atoms with Gasteiger partial charge in [0.25, 0.3) is 0 Å².